The maximum absolute atomic E-state index is 8.39. The van der Waals surface area contributed by atoms with Crippen molar-refractivity contribution in [2.75, 3.05) is 0 Å². The average Bonchev–Trinajstić information content (AvgIpc) is 1.72. The fourth-order valence-corrected chi connectivity index (χ4v) is 15.3. The third-order valence-electron chi connectivity index (χ3n) is 22.0. The van der Waals surface area contributed by atoms with Gasteiger partial charge in [0.1, 0.15) is 11.2 Å². The van der Waals surface area contributed by atoms with Crippen LogP contribution >= 0.6 is 0 Å². The van der Waals surface area contributed by atoms with Crippen LogP contribution in [-0.4, -0.2) is 39.9 Å². The van der Waals surface area contributed by atoms with Crippen LogP contribution in [0.4, 0.5) is 0 Å². The van der Waals surface area contributed by atoms with Gasteiger partial charge >= 0.3 is 0 Å². The minimum atomic E-state index is -3.06. The number of rotatable bonds is 10. The van der Waals surface area contributed by atoms with E-state index in [9.17, 15) is 0 Å². The molecule has 24 rings (SSSR count). The number of hydrogen-bond donors (Lipinski definition) is 0. The van der Waals surface area contributed by atoms with E-state index in [0.717, 1.165) is 131 Å². The van der Waals surface area contributed by atoms with E-state index in [0.29, 0.717) is 16.7 Å². The minimum absolute atomic E-state index is 0. The van der Waals surface area contributed by atoms with Crippen molar-refractivity contribution in [3.05, 3.63) is 505 Å². The maximum Gasteiger partial charge on any atom is 0.123 e. The number of hydrogen-bond acceptors (Lipinski definition) is 10. The van der Waals surface area contributed by atoms with Gasteiger partial charge in [-0.05, 0) is 180 Å². The van der Waals surface area contributed by atoms with Crippen LogP contribution < -0.4 is 0 Å². The van der Waals surface area contributed by atoms with Gasteiger partial charge in [0.2, 0.25) is 0 Å². The third-order valence-corrected chi connectivity index (χ3v) is 22.0. The van der Waals surface area contributed by atoms with Gasteiger partial charge in [-0.15, -0.1) is 238 Å². The fourth-order valence-electron chi connectivity index (χ4n) is 15.3. The van der Waals surface area contributed by atoms with Crippen LogP contribution in [0.3, 0.4) is 0 Å². The standard InChI is InChI=1S/C20H16NO.C19H14NO.C19H14N.C18H12N.4C12H10N.4Ir/c1-13(2)14-10-11-21-18(12-14)17-8-5-7-16-15-6-3-4-9-19(15)22-20(16)17;1-2-13-9-10-20-17(11-13)14-7-8-16-15-5-3-4-6-18(15)21-19(16)12-14;1-13-8-9-20-19(10-13)15-6-7-18-16(12-15)11-14-4-2-3-5-17(14)18;1-2-6-16-13(5-1)11-15-12-14(8-9-17(15)16)18-7-3-4-10-19-18;4*1-10-7-8-12(13-9-10)11-5-3-2-4-6-11;;;;/h3-7,9-13H,1-2H3;3-6,8-12H,2H2,1H3;2-5,7-10,12H,11H2,1H3;1-7,9-10,12H,11H2;4*2-5,7-9H,1H3;;;;/q8*-1;;;;/i1D3,2D3,13D;;;;4*1D3;;;;. The number of para-hydroxylation sites is 2. The first kappa shape index (κ1) is 78.1. The molecule has 0 saturated heterocycles. The van der Waals surface area contributed by atoms with E-state index in [1.54, 1.807) is 78.9 Å². The van der Waals surface area contributed by atoms with Crippen molar-refractivity contribution in [2.45, 2.75) is 80.1 Å². The van der Waals surface area contributed by atoms with Crippen molar-refractivity contribution in [1.82, 2.24) is 39.9 Å². The van der Waals surface area contributed by atoms with Crippen molar-refractivity contribution >= 4 is 43.9 Å². The van der Waals surface area contributed by atoms with Gasteiger partial charge in [0.05, 0.1) is 11.2 Å². The molecule has 0 bridgehead atoms. The van der Waals surface area contributed by atoms with E-state index >= 15 is 0 Å². The fraction of sp³-hybridized carbons (Fsp3) is 0.0968. The number of aromatic nitrogens is 8. The first-order chi connectivity index (χ1) is 73.4. The first-order valence-corrected chi connectivity index (χ1v) is 43.3. The molecule has 0 aliphatic heterocycles. The quantitative estimate of drug-likeness (QED) is 0.122. The second-order valence-corrected chi connectivity index (χ2v) is 31.1. The Labute approximate surface area is 889 Å². The van der Waals surface area contributed by atoms with E-state index in [4.69, 9.17) is 34.9 Å². The Bertz CT molecular complexity index is 8110. The summed E-state index contributed by atoms with van der Waals surface area (Å²) >= 11 is 0. The van der Waals surface area contributed by atoms with Crippen LogP contribution in [0.1, 0.15) is 114 Å². The monoisotopic (exact) mass is 2520 g/mol. The van der Waals surface area contributed by atoms with Gasteiger partial charge in [-0.25, -0.2) is 0 Å². The number of pyridine rings is 8. The first-order valence-electron chi connectivity index (χ1n) is 52.8. The summed E-state index contributed by atoms with van der Waals surface area (Å²) in [7, 11) is 0. The van der Waals surface area contributed by atoms with Crippen LogP contribution in [0.2, 0.25) is 0 Å². The third kappa shape index (κ3) is 25.8. The second kappa shape index (κ2) is 49.7. The Balaban J connectivity index is 0.000000149. The van der Waals surface area contributed by atoms with E-state index in [-0.39, 0.29) is 114 Å². The molecule has 4 radical (unpaired) electrons. The zero-order chi connectivity index (χ0) is 108. The number of nitrogens with zero attached hydrogens (tertiary/aromatic N) is 8. The average molecular weight is 2520 g/mol. The zero-order valence-corrected chi connectivity index (χ0v) is 84.0. The van der Waals surface area contributed by atoms with Crippen molar-refractivity contribution < 1.29 is 115 Å². The topological polar surface area (TPSA) is 129 Å². The van der Waals surface area contributed by atoms with E-state index in [1.165, 1.54) is 98.8 Å². The Hall–Kier alpha value is -14.0. The summed E-state index contributed by atoms with van der Waals surface area (Å²) in [4.78, 5) is 34.1. The van der Waals surface area contributed by atoms with Gasteiger partial charge in [0.25, 0.3) is 0 Å². The Kier molecular flexibility index (Phi) is 28.1. The molecule has 12 aromatic carbocycles. The molecule has 0 fully saturated rings. The Morgan fingerprint density at radius 2 is 0.725 bits per heavy atom. The molecule has 0 N–H and O–H groups in total. The molecule has 0 spiro atoms. The van der Waals surface area contributed by atoms with Crippen LogP contribution in [0.25, 0.3) is 156 Å². The van der Waals surface area contributed by atoms with Crippen molar-refractivity contribution in [1.29, 1.82) is 0 Å². The summed E-state index contributed by atoms with van der Waals surface area (Å²) in [6, 6.07) is 134. The summed E-state index contributed by atoms with van der Waals surface area (Å²) in [6.45, 7) is -10.3. The Morgan fingerprint density at radius 3 is 1.20 bits per heavy atom. The van der Waals surface area contributed by atoms with Gasteiger partial charge in [-0.1, -0.05) is 246 Å². The van der Waals surface area contributed by atoms with Crippen molar-refractivity contribution in [3.8, 4) is 112 Å². The van der Waals surface area contributed by atoms with Gasteiger partial charge < -0.3 is 48.7 Å². The van der Waals surface area contributed by atoms with E-state index in [1.807, 2.05) is 182 Å². The SMILES string of the molecule is CCc1ccnc(-c2[c-]cc3c(c2)oc2ccccc23)c1.Cc1ccnc(-c2[c-]cc3c(c2)Cc2ccccc2-3)c1.[2H]C([2H])([2H])C([2H])(c1ccnc(-c2[c-]ccc3c2oc2ccccc23)c1)C([2H])([2H])[2H].[2H]C([2H])([2H])c1ccc(-c2[c-]cccc2)nc1.[2H]C([2H])([2H])c1ccc(-c2[c-]cccc2)nc1.[2H]C([2H])([2H])c1ccc(-c2[c-]cccc2)nc1.[2H]C([2H])([2H])c1ccc(-c2[c-]cccc2)nc1.[Ir].[Ir].[Ir].[Ir].[c-]1cc2c(cc1-c1ccccn1)Cc1ccccc1-2. The zero-order valence-electron chi connectivity index (χ0n) is 93.4. The molecule has 2 aliphatic rings. The molecular formula is C124H96Ir4N8O2-8. The van der Waals surface area contributed by atoms with Crippen molar-refractivity contribution in [2.24, 2.45) is 0 Å². The summed E-state index contributed by atoms with van der Waals surface area (Å²) in [5, 5.41) is 3.98. The van der Waals surface area contributed by atoms with E-state index < -0.39 is 47.0 Å². The minimum Gasteiger partial charge on any atom is -0.501 e. The molecule has 10 aromatic heterocycles. The van der Waals surface area contributed by atoms with Crippen molar-refractivity contribution in [3.63, 3.8) is 0 Å². The maximum atomic E-state index is 8.39. The molecule has 138 heavy (non-hydrogen) atoms. The number of benzene rings is 12. The van der Waals surface area contributed by atoms with Gasteiger partial charge in [-0.2, -0.15) is 0 Å². The van der Waals surface area contributed by atoms with Crippen LogP contribution in [-0.2, 0) is 99.7 Å². The number of fused-ring (bicyclic) bond motifs is 12. The molecule has 0 amide bonds. The molecule has 688 valence electrons. The van der Waals surface area contributed by atoms with Crippen LogP contribution in [0, 0.1) is 82.9 Å². The second-order valence-electron chi connectivity index (χ2n) is 31.1. The number of aryl methyl sites for hydroxylation is 6. The summed E-state index contributed by atoms with van der Waals surface area (Å²) in [6.07, 6.45) is 15.4. The van der Waals surface area contributed by atoms with Gasteiger partial charge in [-0.3, -0.25) is 0 Å². The molecule has 0 unspecified atom stereocenters. The van der Waals surface area contributed by atoms with E-state index in [2.05, 4.69) is 193 Å². The summed E-state index contributed by atoms with van der Waals surface area (Å²) < 4.78 is 153. The molecule has 10 nitrogen and oxygen atoms in total. The van der Waals surface area contributed by atoms with Crippen LogP contribution in [0.15, 0.2) is 404 Å². The predicted molar refractivity (Wildman–Crippen MR) is 546 cm³/mol. The predicted octanol–water partition coefficient (Wildman–Crippen LogP) is 30.5. The molecule has 10 heterocycles. The van der Waals surface area contributed by atoms with Crippen LogP contribution in [0.5, 0.6) is 0 Å². The van der Waals surface area contributed by atoms with Gasteiger partial charge in [0.15, 0.2) is 0 Å². The summed E-state index contributed by atoms with van der Waals surface area (Å²) in [5.41, 5.74) is 30.4. The smallest absolute Gasteiger partial charge is 0.123 e. The largest absolute Gasteiger partial charge is 0.501 e. The molecule has 22 aromatic rings. The van der Waals surface area contributed by atoms with Gasteiger partial charge in [0, 0.05) is 161 Å². The molecule has 0 saturated carbocycles. The Morgan fingerprint density at radius 1 is 0.297 bits per heavy atom. The normalized spacial score (nSPS) is 13.4. The molecule has 14 heteroatoms. The molecule has 2 aliphatic carbocycles. The molecular weight excluding hydrogens is 2400 g/mol. The number of furan rings is 2. The summed E-state index contributed by atoms with van der Waals surface area (Å²) in [5.74, 6) is -2.79. The molecule has 0 atom stereocenters.